The molecule has 2 aromatic carbocycles. The van der Waals surface area contributed by atoms with Gasteiger partial charge in [0.05, 0.1) is 5.69 Å². The lowest BCUT2D eigenvalue weighted by atomic mass is 10.1. The van der Waals surface area contributed by atoms with E-state index < -0.39 is 5.69 Å². The van der Waals surface area contributed by atoms with Gasteiger partial charge in [0.2, 0.25) is 5.91 Å². The van der Waals surface area contributed by atoms with Gasteiger partial charge in [0.25, 0.3) is 0 Å². The number of amides is 1. The van der Waals surface area contributed by atoms with Crippen molar-refractivity contribution in [1.29, 1.82) is 0 Å². The third-order valence-electron chi connectivity index (χ3n) is 5.13. The lowest BCUT2D eigenvalue weighted by molar-refractivity contribution is -0.117. The third kappa shape index (κ3) is 3.53. The molecular weight excluding hydrogens is 411 g/mol. The number of nitrogens with one attached hydrogen (secondary N) is 1. The van der Waals surface area contributed by atoms with Crippen LogP contribution in [0.2, 0.25) is 0 Å². The van der Waals surface area contributed by atoms with Crippen LogP contribution in [0.15, 0.2) is 65.7 Å². The number of benzene rings is 2. The van der Waals surface area contributed by atoms with E-state index in [1.165, 1.54) is 16.5 Å². The van der Waals surface area contributed by atoms with Crippen molar-refractivity contribution < 1.29 is 9.18 Å². The van der Waals surface area contributed by atoms with Crippen LogP contribution in [-0.2, 0) is 11.3 Å². The molecule has 0 fully saturated rings. The first-order valence-corrected chi connectivity index (χ1v) is 9.99. The van der Waals surface area contributed by atoms with Crippen LogP contribution in [-0.4, -0.2) is 29.7 Å². The number of aromatic nitrogens is 5. The van der Waals surface area contributed by atoms with Gasteiger partial charge in [-0.1, -0.05) is 6.07 Å². The topological polar surface area (TPSA) is 85.7 Å². The molecule has 5 aromatic rings. The van der Waals surface area contributed by atoms with Crippen molar-refractivity contribution in [3.8, 4) is 11.3 Å². The molecule has 160 valence electrons. The van der Waals surface area contributed by atoms with Gasteiger partial charge in [0, 0.05) is 23.6 Å². The normalized spacial score (nSPS) is 11.3. The SMILES string of the molecule is Cc1cc(C)cc(NC(=O)Cn2nc3c4cc(-c5ccc(F)cc5)nn4ccn3c2=O)c1. The van der Waals surface area contributed by atoms with Crippen LogP contribution < -0.4 is 11.0 Å². The first kappa shape index (κ1) is 19.7. The fraction of sp³-hybridized carbons (Fsp3) is 0.130. The van der Waals surface area contributed by atoms with Crippen molar-refractivity contribution in [2.45, 2.75) is 20.4 Å². The fourth-order valence-corrected chi connectivity index (χ4v) is 3.78. The highest BCUT2D eigenvalue weighted by molar-refractivity contribution is 5.90. The van der Waals surface area contributed by atoms with Crippen LogP contribution in [0.3, 0.4) is 0 Å². The summed E-state index contributed by atoms with van der Waals surface area (Å²) in [7, 11) is 0. The summed E-state index contributed by atoms with van der Waals surface area (Å²) in [5, 5.41) is 11.7. The summed E-state index contributed by atoms with van der Waals surface area (Å²) >= 11 is 0. The Bertz CT molecular complexity index is 1520. The molecule has 3 heterocycles. The number of carbonyl (C=O) groups excluding carboxylic acids is 1. The summed E-state index contributed by atoms with van der Waals surface area (Å²) in [5.74, 6) is -0.679. The van der Waals surface area contributed by atoms with E-state index >= 15 is 0 Å². The molecule has 0 bridgehead atoms. The molecule has 0 aliphatic rings. The minimum Gasteiger partial charge on any atom is -0.324 e. The van der Waals surface area contributed by atoms with Gasteiger partial charge in [-0.25, -0.2) is 22.8 Å². The van der Waals surface area contributed by atoms with Crippen LogP contribution >= 0.6 is 0 Å². The van der Waals surface area contributed by atoms with Crippen LogP contribution in [0, 0.1) is 19.7 Å². The van der Waals surface area contributed by atoms with E-state index in [2.05, 4.69) is 15.5 Å². The molecule has 1 amide bonds. The predicted molar refractivity (Wildman–Crippen MR) is 118 cm³/mol. The molecular formula is C23H19FN6O2. The number of aryl methyl sites for hydroxylation is 2. The Hall–Kier alpha value is -4.27. The Kier molecular flexibility index (Phi) is 4.58. The molecule has 0 aliphatic heterocycles. The highest BCUT2D eigenvalue weighted by Gasteiger charge is 2.15. The van der Waals surface area contributed by atoms with Gasteiger partial charge in [-0.05, 0) is 67.4 Å². The van der Waals surface area contributed by atoms with Crippen LogP contribution in [0.1, 0.15) is 11.1 Å². The lowest BCUT2D eigenvalue weighted by Crippen LogP contribution is -2.28. The summed E-state index contributed by atoms with van der Waals surface area (Å²) < 4.78 is 17.3. The van der Waals surface area contributed by atoms with Gasteiger partial charge in [-0.2, -0.15) is 5.10 Å². The zero-order valence-corrected chi connectivity index (χ0v) is 17.4. The van der Waals surface area contributed by atoms with Crippen molar-refractivity contribution in [2.75, 3.05) is 5.32 Å². The second-order valence-electron chi connectivity index (χ2n) is 7.72. The van der Waals surface area contributed by atoms with Crippen molar-refractivity contribution in [3.63, 3.8) is 0 Å². The Morgan fingerprint density at radius 1 is 1.00 bits per heavy atom. The zero-order valence-electron chi connectivity index (χ0n) is 17.4. The van der Waals surface area contributed by atoms with E-state index in [-0.39, 0.29) is 18.3 Å². The highest BCUT2D eigenvalue weighted by atomic mass is 19.1. The average Bonchev–Trinajstić information content (AvgIpc) is 3.29. The summed E-state index contributed by atoms with van der Waals surface area (Å²) in [6, 6.07) is 13.5. The molecule has 8 nitrogen and oxygen atoms in total. The lowest BCUT2D eigenvalue weighted by Gasteiger charge is -2.07. The van der Waals surface area contributed by atoms with Crippen molar-refractivity contribution >= 4 is 22.8 Å². The van der Waals surface area contributed by atoms with Crippen LogP contribution in [0.5, 0.6) is 0 Å². The predicted octanol–water partition coefficient (Wildman–Crippen LogP) is 3.21. The molecule has 0 spiro atoms. The van der Waals surface area contributed by atoms with Gasteiger partial charge >= 0.3 is 5.69 Å². The standard InChI is InChI=1S/C23H19FN6O2/c1-14-9-15(2)11-18(10-14)25-21(31)13-30-23(32)28-7-8-29-20(22(28)27-30)12-19(26-29)16-3-5-17(24)6-4-16/h3-12H,13H2,1-2H3,(H,25,31). The van der Waals surface area contributed by atoms with Crippen molar-refractivity contribution in [1.82, 2.24) is 23.8 Å². The molecule has 5 rings (SSSR count). The monoisotopic (exact) mass is 430 g/mol. The molecule has 0 saturated heterocycles. The van der Waals surface area contributed by atoms with Crippen molar-refractivity contribution in [2.24, 2.45) is 0 Å². The Balaban J connectivity index is 1.48. The van der Waals surface area contributed by atoms with E-state index in [1.54, 1.807) is 35.1 Å². The summed E-state index contributed by atoms with van der Waals surface area (Å²) in [6.45, 7) is 3.68. The number of anilines is 1. The van der Waals surface area contributed by atoms with Gasteiger partial charge in [0.15, 0.2) is 5.65 Å². The van der Waals surface area contributed by atoms with E-state index in [4.69, 9.17) is 0 Å². The first-order valence-electron chi connectivity index (χ1n) is 9.99. The molecule has 0 saturated carbocycles. The second kappa shape index (κ2) is 7.45. The van der Waals surface area contributed by atoms with Crippen LogP contribution in [0.4, 0.5) is 10.1 Å². The average molecular weight is 430 g/mol. The first-order chi connectivity index (χ1) is 15.4. The molecule has 1 N–H and O–H groups in total. The second-order valence-corrected chi connectivity index (χ2v) is 7.72. The largest absolute Gasteiger partial charge is 0.350 e. The fourth-order valence-electron chi connectivity index (χ4n) is 3.78. The van der Waals surface area contributed by atoms with Gasteiger partial charge in [-0.15, -0.1) is 5.10 Å². The molecule has 0 radical (unpaired) electrons. The summed E-state index contributed by atoms with van der Waals surface area (Å²) in [6.07, 6.45) is 3.19. The number of halogens is 1. The number of rotatable bonds is 4. The number of carbonyl (C=O) groups is 1. The van der Waals surface area contributed by atoms with E-state index in [1.807, 2.05) is 32.0 Å². The maximum absolute atomic E-state index is 13.2. The Morgan fingerprint density at radius 2 is 1.72 bits per heavy atom. The minimum atomic E-state index is -0.428. The van der Waals surface area contributed by atoms with Crippen molar-refractivity contribution in [3.05, 3.63) is 88.4 Å². The van der Waals surface area contributed by atoms with E-state index in [9.17, 15) is 14.0 Å². The smallest absolute Gasteiger partial charge is 0.324 e. The maximum Gasteiger partial charge on any atom is 0.350 e. The molecule has 3 aromatic heterocycles. The van der Waals surface area contributed by atoms with Gasteiger partial charge in [0.1, 0.15) is 17.9 Å². The Morgan fingerprint density at radius 3 is 2.44 bits per heavy atom. The molecule has 0 aliphatic carbocycles. The Labute approximate surface area is 181 Å². The van der Waals surface area contributed by atoms with E-state index in [0.717, 1.165) is 21.4 Å². The van der Waals surface area contributed by atoms with Gasteiger partial charge in [-0.3, -0.25) is 4.79 Å². The van der Waals surface area contributed by atoms with E-state index in [0.29, 0.717) is 22.5 Å². The maximum atomic E-state index is 13.2. The summed E-state index contributed by atoms with van der Waals surface area (Å²) in [4.78, 5) is 25.3. The minimum absolute atomic E-state index is 0.224. The molecule has 9 heteroatoms. The summed E-state index contributed by atoms with van der Waals surface area (Å²) in [5.41, 5.74) is 4.63. The number of hydrogen-bond donors (Lipinski definition) is 1. The number of nitrogens with zero attached hydrogens (tertiary/aromatic N) is 5. The highest BCUT2D eigenvalue weighted by Crippen LogP contribution is 2.21. The van der Waals surface area contributed by atoms with Crippen LogP contribution in [0.25, 0.3) is 22.4 Å². The molecule has 0 atom stereocenters. The number of fused-ring (bicyclic) bond motifs is 3. The third-order valence-corrected chi connectivity index (χ3v) is 5.13. The quantitative estimate of drug-likeness (QED) is 0.475. The van der Waals surface area contributed by atoms with Gasteiger partial charge < -0.3 is 5.32 Å². The molecule has 0 unspecified atom stereocenters. The number of hydrogen-bond acceptors (Lipinski definition) is 4. The zero-order chi connectivity index (χ0) is 22.4. The molecule has 32 heavy (non-hydrogen) atoms.